The van der Waals surface area contributed by atoms with E-state index in [1.807, 2.05) is 0 Å². The Morgan fingerprint density at radius 2 is 1.96 bits per heavy atom. The average molecular weight is 365 g/mol. The molecule has 4 N–H and O–H groups in total. The second-order valence-electron chi connectivity index (χ2n) is 5.19. The lowest BCUT2D eigenvalue weighted by molar-refractivity contribution is -0.148. The molecule has 0 aliphatic carbocycles. The monoisotopic (exact) mass is 364 g/mol. The van der Waals surface area contributed by atoms with Gasteiger partial charge in [-0.3, -0.25) is 9.59 Å². The Labute approximate surface area is 149 Å². The van der Waals surface area contributed by atoms with E-state index in [-0.39, 0.29) is 12.1 Å². The van der Waals surface area contributed by atoms with Gasteiger partial charge in [0.1, 0.15) is 5.92 Å². The number of amides is 2. The van der Waals surface area contributed by atoms with Crippen LogP contribution in [0.25, 0.3) is 0 Å². The van der Waals surface area contributed by atoms with Gasteiger partial charge < -0.3 is 21.2 Å². The van der Waals surface area contributed by atoms with Crippen LogP contribution < -0.4 is 11.1 Å². The molecule has 0 saturated carbocycles. The summed E-state index contributed by atoms with van der Waals surface area (Å²) in [4.78, 5) is 34.8. The molecule has 0 fully saturated rings. The molecule has 2 atom stereocenters. The molecule has 1 aromatic carbocycles. The number of nitriles is 1. The van der Waals surface area contributed by atoms with Gasteiger partial charge in [0.2, 0.25) is 0 Å². The number of ketones is 1. The first kappa shape index (κ1) is 20.1. The Hall–Kier alpha value is -2.92. The topological polar surface area (TPSA) is 146 Å². The van der Waals surface area contributed by atoms with Gasteiger partial charge >= 0.3 is 12.0 Å². The molecule has 0 heterocycles. The zero-order valence-electron chi connectivity index (χ0n) is 13.4. The van der Waals surface area contributed by atoms with Gasteiger partial charge in [-0.25, -0.2) is 4.79 Å². The number of urea groups is 1. The van der Waals surface area contributed by atoms with Gasteiger partial charge in [-0.2, -0.15) is 5.26 Å². The quantitative estimate of drug-likeness (QED) is 0.474. The number of ether oxygens (including phenoxy) is 1. The fraction of sp³-hybridized carbons (Fsp3) is 0.312. The maximum absolute atomic E-state index is 11.9. The van der Waals surface area contributed by atoms with Crippen LogP contribution in [0.3, 0.4) is 0 Å². The predicted molar refractivity (Wildman–Crippen MR) is 90.0 cm³/mol. The molecular formula is C16H17ClN4O4. The number of carbonyl (C=O) groups is 3. The van der Waals surface area contributed by atoms with Crippen molar-refractivity contribution in [1.82, 2.24) is 5.32 Å². The van der Waals surface area contributed by atoms with Crippen molar-refractivity contribution in [2.24, 2.45) is 11.7 Å². The van der Waals surface area contributed by atoms with E-state index in [0.717, 1.165) is 0 Å². The molecule has 0 aliphatic rings. The van der Waals surface area contributed by atoms with Crippen LogP contribution in [0, 0.1) is 22.7 Å². The Morgan fingerprint density at radius 3 is 2.44 bits per heavy atom. The summed E-state index contributed by atoms with van der Waals surface area (Å²) in [7, 11) is 0. The fourth-order valence-electron chi connectivity index (χ4n) is 1.99. The number of hydrogen-bond acceptors (Lipinski definition) is 6. The number of hydrogen-bond donors (Lipinski definition) is 3. The average Bonchev–Trinajstić information content (AvgIpc) is 2.53. The largest absolute Gasteiger partial charge is 0.458 e. The highest BCUT2D eigenvalue weighted by Crippen LogP contribution is 2.20. The number of halogens is 1. The highest BCUT2D eigenvalue weighted by molar-refractivity contribution is 6.30. The minimum atomic E-state index is -1.25. The lowest BCUT2D eigenvalue weighted by Crippen LogP contribution is -2.35. The SMILES string of the molecule is CC(=N)C(C#N)C(=O)COC(=O)C[C@H](NC(N)=O)c1ccc(Cl)cc1. The van der Waals surface area contributed by atoms with Crippen molar-refractivity contribution in [2.45, 2.75) is 19.4 Å². The molecule has 1 unspecified atom stereocenters. The van der Waals surface area contributed by atoms with Crippen molar-refractivity contribution in [3.05, 3.63) is 34.9 Å². The number of Topliss-reactive ketones (excluding diaryl/α,β-unsaturated/α-hetero) is 1. The van der Waals surface area contributed by atoms with E-state index in [1.165, 1.54) is 6.92 Å². The van der Waals surface area contributed by atoms with Gasteiger partial charge in [0.15, 0.2) is 12.4 Å². The normalized spacial score (nSPS) is 12.4. The zero-order valence-corrected chi connectivity index (χ0v) is 14.2. The van der Waals surface area contributed by atoms with Crippen LogP contribution in [-0.2, 0) is 14.3 Å². The van der Waals surface area contributed by atoms with Crippen molar-refractivity contribution in [1.29, 1.82) is 10.7 Å². The van der Waals surface area contributed by atoms with Crippen LogP contribution in [-0.4, -0.2) is 30.1 Å². The van der Waals surface area contributed by atoms with Crippen molar-refractivity contribution in [2.75, 3.05) is 6.61 Å². The van der Waals surface area contributed by atoms with Crippen LogP contribution >= 0.6 is 11.6 Å². The standard InChI is InChI=1S/C16H17ClN4O4/c1-9(19)12(7-18)14(22)8-25-15(23)6-13(21-16(20)24)10-2-4-11(17)5-3-10/h2-5,12-13,19H,6,8H2,1H3,(H3,20,21,24)/t12?,13-/m0/s1. The van der Waals surface area contributed by atoms with E-state index in [0.29, 0.717) is 10.6 Å². The summed E-state index contributed by atoms with van der Waals surface area (Å²) in [6.45, 7) is 0.693. The van der Waals surface area contributed by atoms with Crippen LogP contribution in [0.5, 0.6) is 0 Å². The maximum atomic E-state index is 11.9. The minimum Gasteiger partial charge on any atom is -0.458 e. The zero-order chi connectivity index (χ0) is 19.0. The molecule has 1 aromatic rings. The van der Waals surface area contributed by atoms with Crippen molar-refractivity contribution in [3.63, 3.8) is 0 Å². The fourth-order valence-corrected chi connectivity index (χ4v) is 2.12. The summed E-state index contributed by atoms with van der Waals surface area (Å²) >= 11 is 5.80. The summed E-state index contributed by atoms with van der Waals surface area (Å²) in [6.07, 6.45) is -0.265. The highest BCUT2D eigenvalue weighted by Gasteiger charge is 2.23. The first-order valence-electron chi connectivity index (χ1n) is 7.19. The lowest BCUT2D eigenvalue weighted by atomic mass is 10.0. The minimum absolute atomic E-state index is 0.127. The molecule has 25 heavy (non-hydrogen) atoms. The van der Waals surface area contributed by atoms with Crippen LogP contribution in [0.4, 0.5) is 4.79 Å². The third-order valence-corrected chi connectivity index (χ3v) is 3.47. The maximum Gasteiger partial charge on any atom is 0.312 e. The molecule has 0 bridgehead atoms. The van der Waals surface area contributed by atoms with Gasteiger partial charge in [0, 0.05) is 10.7 Å². The summed E-state index contributed by atoms with van der Waals surface area (Å²) in [6, 6.07) is 6.50. The Morgan fingerprint density at radius 1 is 1.36 bits per heavy atom. The number of rotatable bonds is 8. The van der Waals surface area contributed by atoms with E-state index < -0.39 is 36.4 Å². The second-order valence-corrected chi connectivity index (χ2v) is 5.63. The van der Waals surface area contributed by atoms with E-state index in [2.05, 4.69) is 5.32 Å². The summed E-state index contributed by atoms with van der Waals surface area (Å²) < 4.78 is 4.84. The van der Waals surface area contributed by atoms with Crippen molar-refractivity contribution >= 4 is 35.1 Å². The first-order chi connectivity index (χ1) is 11.7. The molecule has 9 heteroatoms. The van der Waals surface area contributed by atoms with E-state index in [9.17, 15) is 14.4 Å². The third kappa shape index (κ3) is 6.61. The lowest BCUT2D eigenvalue weighted by Gasteiger charge is -2.17. The molecule has 0 aromatic heterocycles. The Kier molecular flexibility index (Phi) is 7.56. The predicted octanol–water partition coefficient (Wildman–Crippen LogP) is 1.73. The van der Waals surface area contributed by atoms with E-state index in [4.69, 9.17) is 32.7 Å². The van der Waals surface area contributed by atoms with Crippen LogP contribution in [0.15, 0.2) is 24.3 Å². The molecule has 132 valence electrons. The summed E-state index contributed by atoms with van der Waals surface area (Å²) in [5.74, 6) is -2.70. The number of carbonyl (C=O) groups excluding carboxylic acids is 3. The molecular weight excluding hydrogens is 348 g/mol. The number of primary amides is 1. The second kappa shape index (κ2) is 9.39. The molecule has 0 radical (unpaired) electrons. The van der Waals surface area contributed by atoms with E-state index >= 15 is 0 Å². The van der Waals surface area contributed by atoms with Crippen LogP contribution in [0.2, 0.25) is 5.02 Å². The van der Waals surface area contributed by atoms with E-state index in [1.54, 1.807) is 30.3 Å². The summed E-state index contributed by atoms with van der Waals surface area (Å²) in [5.41, 5.74) is 5.56. The number of nitrogens with zero attached hydrogens (tertiary/aromatic N) is 1. The smallest absolute Gasteiger partial charge is 0.312 e. The molecule has 2 amide bonds. The van der Waals surface area contributed by atoms with Gasteiger partial charge in [-0.1, -0.05) is 23.7 Å². The number of nitrogens with one attached hydrogen (secondary N) is 2. The van der Waals surface area contributed by atoms with Gasteiger partial charge in [-0.15, -0.1) is 0 Å². The van der Waals surface area contributed by atoms with Crippen LogP contribution in [0.1, 0.15) is 24.9 Å². The molecule has 0 spiro atoms. The third-order valence-electron chi connectivity index (χ3n) is 3.22. The van der Waals surface area contributed by atoms with Gasteiger partial charge in [-0.05, 0) is 24.6 Å². The van der Waals surface area contributed by atoms with Crippen molar-refractivity contribution in [3.8, 4) is 6.07 Å². The Balaban J connectivity index is 2.71. The molecule has 8 nitrogen and oxygen atoms in total. The molecule has 0 saturated heterocycles. The summed E-state index contributed by atoms with van der Waals surface area (Å²) in [5, 5.41) is 19.1. The van der Waals surface area contributed by atoms with Crippen molar-refractivity contribution < 1.29 is 19.1 Å². The van der Waals surface area contributed by atoms with Gasteiger partial charge in [0.05, 0.1) is 18.5 Å². The molecule has 1 rings (SSSR count). The van der Waals surface area contributed by atoms with Gasteiger partial charge in [0.25, 0.3) is 0 Å². The Bertz CT molecular complexity index is 712. The number of benzene rings is 1. The highest BCUT2D eigenvalue weighted by atomic mass is 35.5. The number of nitrogens with two attached hydrogens (primary N) is 1. The molecule has 0 aliphatic heterocycles. The first-order valence-corrected chi connectivity index (χ1v) is 7.56. The number of esters is 1.